The van der Waals surface area contributed by atoms with Gasteiger partial charge < -0.3 is 14.8 Å². The lowest BCUT2D eigenvalue weighted by atomic mass is 10.3. The lowest BCUT2D eigenvalue weighted by Crippen LogP contribution is -2.38. The van der Waals surface area contributed by atoms with E-state index < -0.39 is 16.1 Å². The van der Waals surface area contributed by atoms with Crippen molar-refractivity contribution in [1.82, 2.24) is 9.62 Å². The summed E-state index contributed by atoms with van der Waals surface area (Å²) in [6, 6.07) is 12.9. The first-order chi connectivity index (χ1) is 13.2. The van der Waals surface area contributed by atoms with Gasteiger partial charge >= 0.3 is 0 Å². The van der Waals surface area contributed by atoms with Gasteiger partial charge in [0.05, 0.1) is 11.4 Å². The van der Waals surface area contributed by atoms with Crippen molar-refractivity contribution in [3.05, 3.63) is 53.6 Å². The van der Waals surface area contributed by atoms with Crippen LogP contribution < -0.4 is 14.8 Å². The highest BCUT2D eigenvalue weighted by atomic mass is 35.5. The van der Waals surface area contributed by atoms with Crippen LogP contribution in [0.15, 0.2) is 53.4 Å². The van der Waals surface area contributed by atoms with Crippen molar-refractivity contribution in [3.63, 3.8) is 0 Å². The molecule has 1 atom stereocenters. The lowest BCUT2D eigenvalue weighted by Gasteiger charge is -2.15. The standard InChI is InChI=1S/C19H23ClN2O5S/c1-14(27-17-6-4-5-15(20)13-17)19(23)21-11-12-26-16-7-9-18(10-8-16)28(24,25)22(2)3/h4-10,13-14H,11-12H2,1-3H3,(H,21,23)/t14-/m1/s1. The Morgan fingerprint density at radius 2 is 1.82 bits per heavy atom. The van der Waals surface area contributed by atoms with E-state index in [4.69, 9.17) is 21.1 Å². The Kier molecular flexibility index (Phi) is 7.68. The van der Waals surface area contributed by atoms with Crippen LogP contribution in [-0.4, -0.2) is 52.0 Å². The fraction of sp³-hybridized carbons (Fsp3) is 0.316. The van der Waals surface area contributed by atoms with E-state index in [9.17, 15) is 13.2 Å². The van der Waals surface area contributed by atoms with E-state index in [1.807, 2.05) is 0 Å². The number of sulfonamides is 1. The van der Waals surface area contributed by atoms with Crippen molar-refractivity contribution < 1.29 is 22.7 Å². The summed E-state index contributed by atoms with van der Waals surface area (Å²) in [5.41, 5.74) is 0. The Morgan fingerprint density at radius 3 is 2.43 bits per heavy atom. The molecular formula is C19H23ClN2O5S. The number of benzene rings is 2. The normalized spacial score (nSPS) is 12.5. The molecule has 0 bridgehead atoms. The van der Waals surface area contributed by atoms with E-state index in [0.717, 1.165) is 4.31 Å². The molecule has 0 radical (unpaired) electrons. The molecule has 0 saturated heterocycles. The van der Waals surface area contributed by atoms with E-state index in [1.54, 1.807) is 43.3 Å². The number of rotatable bonds is 9. The van der Waals surface area contributed by atoms with Gasteiger partial charge in [-0.1, -0.05) is 17.7 Å². The molecule has 9 heteroatoms. The van der Waals surface area contributed by atoms with Gasteiger partial charge in [0.2, 0.25) is 10.0 Å². The maximum absolute atomic E-state index is 12.1. The fourth-order valence-electron chi connectivity index (χ4n) is 2.20. The van der Waals surface area contributed by atoms with E-state index >= 15 is 0 Å². The quantitative estimate of drug-likeness (QED) is 0.623. The topological polar surface area (TPSA) is 84.9 Å². The first-order valence-electron chi connectivity index (χ1n) is 8.55. The molecular weight excluding hydrogens is 404 g/mol. The molecule has 7 nitrogen and oxygen atoms in total. The largest absolute Gasteiger partial charge is 0.492 e. The summed E-state index contributed by atoms with van der Waals surface area (Å²) >= 11 is 5.89. The highest BCUT2D eigenvalue weighted by molar-refractivity contribution is 7.89. The molecule has 0 aliphatic rings. The Hall–Kier alpha value is -2.29. The van der Waals surface area contributed by atoms with Gasteiger partial charge in [0.15, 0.2) is 6.10 Å². The molecule has 0 aromatic heterocycles. The number of amides is 1. The van der Waals surface area contributed by atoms with Crippen molar-refractivity contribution in [2.45, 2.75) is 17.9 Å². The van der Waals surface area contributed by atoms with Crippen LogP contribution in [0.5, 0.6) is 11.5 Å². The molecule has 0 saturated carbocycles. The van der Waals surface area contributed by atoms with Crippen molar-refractivity contribution in [3.8, 4) is 11.5 Å². The monoisotopic (exact) mass is 426 g/mol. The van der Waals surface area contributed by atoms with Crippen molar-refractivity contribution in [2.75, 3.05) is 27.2 Å². The zero-order chi connectivity index (χ0) is 20.7. The minimum absolute atomic E-state index is 0.185. The Bertz CT molecular complexity index is 901. The van der Waals surface area contributed by atoms with Crippen molar-refractivity contribution in [2.24, 2.45) is 0 Å². The molecule has 0 aliphatic carbocycles. The maximum Gasteiger partial charge on any atom is 0.260 e. The number of nitrogens with zero attached hydrogens (tertiary/aromatic N) is 1. The zero-order valence-corrected chi connectivity index (χ0v) is 17.5. The SMILES string of the molecule is C[C@@H](Oc1cccc(Cl)c1)C(=O)NCCOc1ccc(S(=O)(=O)N(C)C)cc1. The van der Waals surface area contributed by atoms with Crippen LogP contribution in [0, 0.1) is 0 Å². The minimum Gasteiger partial charge on any atom is -0.492 e. The Morgan fingerprint density at radius 1 is 1.14 bits per heavy atom. The van der Waals surface area contributed by atoms with E-state index in [2.05, 4.69) is 5.32 Å². The van der Waals surface area contributed by atoms with Gasteiger partial charge in [-0.3, -0.25) is 4.79 Å². The van der Waals surface area contributed by atoms with Gasteiger partial charge in [-0.15, -0.1) is 0 Å². The van der Waals surface area contributed by atoms with Crippen LogP contribution in [-0.2, 0) is 14.8 Å². The van der Waals surface area contributed by atoms with Crippen molar-refractivity contribution in [1.29, 1.82) is 0 Å². The first kappa shape index (κ1) is 22.0. The predicted molar refractivity (Wildman–Crippen MR) is 107 cm³/mol. The molecule has 0 spiro atoms. The third-order valence-corrected chi connectivity index (χ3v) is 5.81. The van der Waals surface area contributed by atoms with Gasteiger partial charge in [0.25, 0.3) is 5.91 Å². The molecule has 28 heavy (non-hydrogen) atoms. The van der Waals surface area contributed by atoms with E-state index in [0.29, 0.717) is 16.5 Å². The molecule has 1 amide bonds. The van der Waals surface area contributed by atoms with Gasteiger partial charge in [-0.2, -0.15) is 0 Å². The lowest BCUT2D eigenvalue weighted by molar-refractivity contribution is -0.127. The van der Waals surface area contributed by atoms with Gasteiger partial charge in [-0.05, 0) is 49.4 Å². The molecule has 0 unspecified atom stereocenters. The van der Waals surface area contributed by atoms with Gasteiger partial charge in [0, 0.05) is 19.1 Å². The second-order valence-corrected chi connectivity index (χ2v) is 8.70. The van der Waals surface area contributed by atoms with E-state index in [1.165, 1.54) is 26.2 Å². The average molecular weight is 427 g/mol. The fourth-order valence-corrected chi connectivity index (χ4v) is 3.29. The van der Waals surface area contributed by atoms with E-state index in [-0.39, 0.29) is 24.0 Å². The van der Waals surface area contributed by atoms with Crippen LogP contribution in [0.3, 0.4) is 0 Å². The van der Waals surface area contributed by atoms with Crippen LogP contribution in [0.2, 0.25) is 5.02 Å². The van der Waals surface area contributed by atoms with Gasteiger partial charge in [0.1, 0.15) is 18.1 Å². The molecule has 0 fully saturated rings. The number of nitrogens with one attached hydrogen (secondary N) is 1. The van der Waals surface area contributed by atoms with Crippen molar-refractivity contribution >= 4 is 27.5 Å². The second-order valence-electron chi connectivity index (χ2n) is 6.12. The molecule has 2 aromatic carbocycles. The average Bonchev–Trinajstić information content (AvgIpc) is 2.65. The Balaban J connectivity index is 1.77. The highest BCUT2D eigenvalue weighted by Gasteiger charge is 2.17. The summed E-state index contributed by atoms with van der Waals surface area (Å²) in [6.07, 6.45) is -0.686. The van der Waals surface area contributed by atoms with Crippen LogP contribution in [0.4, 0.5) is 0 Å². The smallest absolute Gasteiger partial charge is 0.260 e. The molecule has 0 aliphatic heterocycles. The number of hydrogen-bond donors (Lipinski definition) is 1. The summed E-state index contributed by atoms with van der Waals surface area (Å²) < 4.78 is 36.2. The third-order valence-electron chi connectivity index (χ3n) is 3.75. The third kappa shape index (κ3) is 6.12. The predicted octanol–water partition coefficient (Wildman–Crippen LogP) is 2.55. The summed E-state index contributed by atoms with van der Waals surface area (Å²) in [5.74, 6) is 0.741. The second kappa shape index (κ2) is 9.77. The highest BCUT2D eigenvalue weighted by Crippen LogP contribution is 2.19. The summed E-state index contributed by atoms with van der Waals surface area (Å²) in [4.78, 5) is 12.3. The number of hydrogen-bond acceptors (Lipinski definition) is 5. The maximum atomic E-state index is 12.1. The molecule has 1 N–H and O–H groups in total. The first-order valence-corrected chi connectivity index (χ1v) is 10.4. The molecule has 2 rings (SSSR count). The summed E-state index contributed by atoms with van der Waals surface area (Å²) in [5, 5.41) is 3.24. The number of halogens is 1. The molecule has 152 valence electrons. The Labute approximate surface area is 170 Å². The summed E-state index contributed by atoms with van der Waals surface area (Å²) in [7, 11) is -0.526. The molecule has 0 heterocycles. The summed E-state index contributed by atoms with van der Waals surface area (Å²) in [6.45, 7) is 2.15. The minimum atomic E-state index is -3.47. The van der Waals surface area contributed by atoms with Crippen LogP contribution >= 0.6 is 11.6 Å². The zero-order valence-electron chi connectivity index (χ0n) is 15.9. The number of ether oxygens (including phenoxy) is 2. The van der Waals surface area contributed by atoms with Gasteiger partial charge in [-0.25, -0.2) is 12.7 Å². The number of carbonyl (C=O) groups excluding carboxylic acids is 1. The number of carbonyl (C=O) groups is 1. The molecule has 2 aromatic rings. The van der Waals surface area contributed by atoms with Crippen LogP contribution in [0.1, 0.15) is 6.92 Å². The van der Waals surface area contributed by atoms with Crippen LogP contribution in [0.25, 0.3) is 0 Å².